The number of aldehydes is 1. The number of fused-ring (bicyclic) bond motifs is 1. The first-order valence-corrected chi connectivity index (χ1v) is 9.38. The summed E-state index contributed by atoms with van der Waals surface area (Å²) in [7, 11) is 0. The molecule has 0 amide bonds. The van der Waals surface area contributed by atoms with Gasteiger partial charge in [-0.1, -0.05) is 31.2 Å². The van der Waals surface area contributed by atoms with Crippen LogP contribution in [0, 0.1) is 0 Å². The molecule has 3 heterocycles. The smallest absolute Gasteiger partial charge is 0.178 e. The van der Waals surface area contributed by atoms with Crippen LogP contribution in [0.4, 0.5) is 5.82 Å². The van der Waals surface area contributed by atoms with E-state index in [4.69, 9.17) is 4.98 Å². The molecular weight excluding hydrogens is 332 g/mol. The Hall–Kier alpha value is -2.31. The van der Waals surface area contributed by atoms with Gasteiger partial charge in [-0.3, -0.25) is 4.79 Å². The van der Waals surface area contributed by atoms with Gasteiger partial charge in [-0.2, -0.15) is 0 Å². The van der Waals surface area contributed by atoms with E-state index >= 15 is 0 Å². The summed E-state index contributed by atoms with van der Waals surface area (Å²) in [6, 6.07) is 10.5. The molecular formula is C19H20N4OS. The number of likely N-dealkylation sites (N-methyl/N-ethyl adjacent to an activating group) is 1. The van der Waals surface area contributed by atoms with Crippen molar-refractivity contribution in [2.45, 2.75) is 6.92 Å². The van der Waals surface area contributed by atoms with Crippen LogP contribution in [0.5, 0.6) is 0 Å². The van der Waals surface area contributed by atoms with Gasteiger partial charge in [0.15, 0.2) is 11.3 Å². The Morgan fingerprint density at radius 2 is 2.00 bits per heavy atom. The number of piperazine rings is 1. The first-order chi connectivity index (χ1) is 12.3. The van der Waals surface area contributed by atoms with E-state index in [0.29, 0.717) is 5.01 Å². The number of hydrogen-bond acceptors (Lipinski definition) is 6. The van der Waals surface area contributed by atoms with Crippen molar-refractivity contribution in [1.29, 1.82) is 0 Å². The predicted molar refractivity (Wildman–Crippen MR) is 103 cm³/mol. The molecule has 5 nitrogen and oxygen atoms in total. The maximum absolute atomic E-state index is 11.0. The molecule has 0 bridgehead atoms. The van der Waals surface area contributed by atoms with Gasteiger partial charge in [0.05, 0.1) is 10.6 Å². The fourth-order valence-corrected chi connectivity index (χ4v) is 3.98. The summed E-state index contributed by atoms with van der Waals surface area (Å²) in [5.41, 5.74) is 0.886. The fraction of sp³-hybridized carbons (Fsp3) is 0.316. The fourth-order valence-electron chi connectivity index (χ4n) is 3.28. The highest BCUT2D eigenvalue weighted by atomic mass is 32.1. The van der Waals surface area contributed by atoms with Crippen molar-refractivity contribution in [2.75, 3.05) is 37.6 Å². The lowest BCUT2D eigenvalue weighted by molar-refractivity contribution is 0.112. The largest absolute Gasteiger partial charge is 0.354 e. The van der Waals surface area contributed by atoms with Gasteiger partial charge in [0.1, 0.15) is 5.82 Å². The van der Waals surface area contributed by atoms with E-state index in [0.717, 1.165) is 55.4 Å². The lowest BCUT2D eigenvalue weighted by atomic mass is 10.1. The maximum Gasteiger partial charge on any atom is 0.178 e. The van der Waals surface area contributed by atoms with Crippen LogP contribution in [0.3, 0.4) is 0 Å². The van der Waals surface area contributed by atoms with Gasteiger partial charge in [0, 0.05) is 37.8 Å². The molecule has 1 aromatic carbocycles. The lowest BCUT2D eigenvalue weighted by Gasteiger charge is -2.35. The zero-order valence-electron chi connectivity index (χ0n) is 14.2. The van der Waals surface area contributed by atoms with Crippen molar-refractivity contribution >= 4 is 34.2 Å². The Morgan fingerprint density at radius 1 is 1.20 bits per heavy atom. The quantitative estimate of drug-likeness (QED) is 0.674. The minimum Gasteiger partial charge on any atom is -0.354 e. The zero-order valence-corrected chi connectivity index (χ0v) is 15.0. The van der Waals surface area contributed by atoms with Crippen molar-refractivity contribution in [3.63, 3.8) is 0 Å². The standard InChI is InChI=1S/C19H20N4OS/c1-2-22-7-9-23(10-8-22)19-15-6-4-3-5-14(15)11-16(21-19)17-12-20-18(13-24)25-17/h3-6,11-13H,2,7-10H2,1H3. The summed E-state index contributed by atoms with van der Waals surface area (Å²) < 4.78 is 0. The van der Waals surface area contributed by atoms with Crippen LogP contribution in [0.1, 0.15) is 16.7 Å². The molecule has 0 spiro atoms. The van der Waals surface area contributed by atoms with Gasteiger partial charge < -0.3 is 9.80 Å². The topological polar surface area (TPSA) is 49.3 Å². The molecule has 0 N–H and O–H groups in total. The van der Waals surface area contributed by atoms with Gasteiger partial charge in [-0.25, -0.2) is 9.97 Å². The summed E-state index contributed by atoms with van der Waals surface area (Å²) >= 11 is 1.39. The van der Waals surface area contributed by atoms with Gasteiger partial charge in [-0.15, -0.1) is 11.3 Å². The summed E-state index contributed by atoms with van der Waals surface area (Å²) in [5.74, 6) is 1.03. The lowest BCUT2D eigenvalue weighted by Crippen LogP contribution is -2.46. The molecule has 3 aromatic rings. The number of hydrogen-bond donors (Lipinski definition) is 0. The van der Waals surface area contributed by atoms with Crippen molar-refractivity contribution < 1.29 is 4.79 Å². The number of nitrogens with zero attached hydrogens (tertiary/aromatic N) is 4. The van der Waals surface area contributed by atoms with Gasteiger partial charge in [-0.05, 0) is 18.0 Å². The first kappa shape index (κ1) is 16.2. The Balaban J connectivity index is 1.78. The first-order valence-electron chi connectivity index (χ1n) is 8.57. The van der Waals surface area contributed by atoms with E-state index in [9.17, 15) is 4.79 Å². The highest BCUT2D eigenvalue weighted by Crippen LogP contribution is 2.32. The Bertz CT molecular complexity index is 899. The highest BCUT2D eigenvalue weighted by molar-refractivity contribution is 7.16. The van der Waals surface area contributed by atoms with Crippen LogP contribution in [0.15, 0.2) is 36.5 Å². The van der Waals surface area contributed by atoms with Gasteiger partial charge in [0.25, 0.3) is 0 Å². The molecule has 1 saturated heterocycles. The second-order valence-corrected chi connectivity index (χ2v) is 7.22. The monoisotopic (exact) mass is 352 g/mol. The third-order valence-electron chi connectivity index (χ3n) is 4.72. The molecule has 0 saturated carbocycles. The van der Waals surface area contributed by atoms with E-state index < -0.39 is 0 Å². The molecule has 0 radical (unpaired) electrons. The number of rotatable bonds is 4. The number of pyridine rings is 1. The molecule has 2 aromatic heterocycles. The summed E-state index contributed by atoms with van der Waals surface area (Å²) in [6.45, 7) is 7.39. The van der Waals surface area contributed by atoms with Crippen LogP contribution >= 0.6 is 11.3 Å². The molecule has 1 aliphatic rings. The SMILES string of the molecule is CCN1CCN(c2nc(-c3cnc(C=O)s3)cc3ccccc23)CC1. The number of aromatic nitrogens is 2. The molecule has 4 rings (SSSR count). The van der Waals surface area contributed by atoms with E-state index in [1.54, 1.807) is 6.20 Å². The average Bonchev–Trinajstić information content (AvgIpc) is 3.16. The number of anilines is 1. The number of thiazole rings is 1. The van der Waals surface area contributed by atoms with Crippen molar-refractivity contribution in [1.82, 2.24) is 14.9 Å². The Kier molecular flexibility index (Phi) is 4.46. The molecule has 128 valence electrons. The van der Waals surface area contributed by atoms with E-state index in [2.05, 4.69) is 52.0 Å². The van der Waals surface area contributed by atoms with E-state index in [1.165, 1.54) is 22.1 Å². The molecule has 0 unspecified atom stereocenters. The second kappa shape index (κ2) is 6.90. The van der Waals surface area contributed by atoms with Crippen molar-refractivity contribution in [3.8, 4) is 10.6 Å². The van der Waals surface area contributed by atoms with E-state index in [-0.39, 0.29) is 0 Å². The van der Waals surface area contributed by atoms with Crippen LogP contribution in [0.25, 0.3) is 21.3 Å². The average molecular weight is 352 g/mol. The predicted octanol–water partition coefficient (Wildman–Crippen LogP) is 3.31. The summed E-state index contributed by atoms with van der Waals surface area (Å²) in [4.78, 5) is 25.8. The van der Waals surface area contributed by atoms with Crippen molar-refractivity contribution in [3.05, 3.63) is 41.5 Å². The molecule has 25 heavy (non-hydrogen) atoms. The molecule has 0 aliphatic carbocycles. The van der Waals surface area contributed by atoms with Crippen molar-refractivity contribution in [2.24, 2.45) is 0 Å². The normalized spacial score (nSPS) is 15.6. The van der Waals surface area contributed by atoms with Gasteiger partial charge in [0.2, 0.25) is 0 Å². The summed E-state index contributed by atoms with van der Waals surface area (Å²) in [6.07, 6.45) is 2.53. The molecule has 1 aliphatic heterocycles. The third kappa shape index (κ3) is 3.15. The van der Waals surface area contributed by atoms with Gasteiger partial charge >= 0.3 is 0 Å². The van der Waals surface area contributed by atoms with Crippen LogP contribution in [0.2, 0.25) is 0 Å². The Labute approximate surface area is 150 Å². The Morgan fingerprint density at radius 3 is 2.72 bits per heavy atom. The highest BCUT2D eigenvalue weighted by Gasteiger charge is 2.20. The van der Waals surface area contributed by atoms with Crippen LogP contribution < -0.4 is 4.90 Å². The third-order valence-corrected chi connectivity index (χ3v) is 5.66. The van der Waals surface area contributed by atoms with Crippen LogP contribution in [-0.4, -0.2) is 53.9 Å². The van der Waals surface area contributed by atoms with E-state index in [1.807, 2.05) is 0 Å². The van der Waals surface area contributed by atoms with Crippen LogP contribution in [-0.2, 0) is 0 Å². The number of carbonyl (C=O) groups excluding carboxylic acids is 1. The molecule has 0 atom stereocenters. The molecule has 1 fully saturated rings. The second-order valence-electron chi connectivity index (χ2n) is 6.15. The minimum absolute atomic E-state index is 0.489. The zero-order chi connectivity index (χ0) is 17.2. The summed E-state index contributed by atoms with van der Waals surface area (Å²) in [5, 5.41) is 2.83. The molecule has 6 heteroatoms. The maximum atomic E-state index is 11.0. The minimum atomic E-state index is 0.489. The number of benzene rings is 1. The number of carbonyl (C=O) groups is 1.